The van der Waals surface area contributed by atoms with Crippen LogP contribution >= 0.6 is 0 Å². The predicted octanol–water partition coefficient (Wildman–Crippen LogP) is 5.45. The van der Waals surface area contributed by atoms with E-state index in [1.165, 1.54) is 36.6 Å². The predicted molar refractivity (Wildman–Crippen MR) is 90.2 cm³/mol. The highest BCUT2D eigenvalue weighted by molar-refractivity contribution is 5.85. The zero-order valence-electron chi connectivity index (χ0n) is 13.5. The maximum Gasteiger partial charge on any atom is 0.310 e. The van der Waals surface area contributed by atoms with E-state index in [-0.39, 0.29) is 5.97 Å². The molecule has 0 N–H and O–H groups in total. The Labute approximate surface area is 132 Å². The molecule has 1 aliphatic carbocycles. The molecule has 1 saturated carbocycles. The molecule has 1 fully saturated rings. The molecule has 3 rings (SSSR count). The minimum Gasteiger partial charge on any atom is -0.427 e. The minimum atomic E-state index is -0.188. The summed E-state index contributed by atoms with van der Waals surface area (Å²) in [5.41, 5.74) is 1.46. The summed E-state index contributed by atoms with van der Waals surface area (Å²) >= 11 is 0. The molecule has 0 bridgehead atoms. The molecule has 2 aromatic carbocycles. The van der Waals surface area contributed by atoms with Crippen LogP contribution in [-0.4, -0.2) is 5.97 Å². The Morgan fingerprint density at radius 3 is 2.45 bits per heavy atom. The van der Waals surface area contributed by atoms with E-state index in [0.29, 0.717) is 18.1 Å². The molecule has 0 spiro atoms. The molecule has 0 unspecified atom stereocenters. The number of ether oxygens (including phenoxy) is 1. The van der Waals surface area contributed by atoms with E-state index >= 15 is 0 Å². The second-order valence-electron chi connectivity index (χ2n) is 6.55. The largest absolute Gasteiger partial charge is 0.427 e. The standard InChI is InChI=1S/C20H24O2/c1-3-20(21)22-19-11-10-17-12-16(8-9-18(17)13-19)15-6-4-14(2)5-7-15/h8-15H,3-7H2,1-2H3. The fourth-order valence-electron chi connectivity index (χ4n) is 3.36. The Hall–Kier alpha value is -1.83. The summed E-state index contributed by atoms with van der Waals surface area (Å²) in [6.07, 6.45) is 5.69. The molecule has 2 heteroatoms. The lowest BCUT2D eigenvalue weighted by Gasteiger charge is -2.26. The van der Waals surface area contributed by atoms with Gasteiger partial charge in [0.1, 0.15) is 5.75 Å². The van der Waals surface area contributed by atoms with Crippen molar-refractivity contribution in [2.75, 3.05) is 0 Å². The fraction of sp³-hybridized carbons (Fsp3) is 0.450. The lowest BCUT2D eigenvalue weighted by molar-refractivity contribution is -0.134. The van der Waals surface area contributed by atoms with Crippen LogP contribution in [0.25, 0.3) is 10.8 Å². The Morgan fingerprint density at radius 1 is 1.05 bits per heavy atom. The normalized spacial score (nSPS) is 21.7. The molecule has 116 valence electrons. The van der Waals surface area contributed by atoms with Gasteiger partial charge in [0, 0.05) is 6.42 Å². The van der Waals surface area contributed by atoms with E-state index < -0.39 is 0 Å². The van der Waals surface area contributed by atoms with Crippen molar-refractivity contribution in [1.29, 1.82) is 0 Å². The van der Waals surface area contributed by atoms with Crippen molar-refractivity contribution in [3.05, 3.63) is 42.0 Å². The second-order valence-corrected chi connectivity index (χ2v) is 6.55. The lowest BCUT2D eigenvalue weighted by atomic mass is 9.79. The Kier molecular flexibility index (Phi) is 4.47. The zero-order chi connectivity index (χ0) is 15.5. The molecule has 22 heavy (non-hydrogen) atoms. The van der Waals surface area contributed by atoms with Crippen LogP contribution in [0.3, 0.4) is 0 Å². The highest BCUT2D eigenvalue weighted by Crippen LogP contribution is 2.36. The number of carbonyl (C=O) groups excluding carboxylic acids is 1. The maximum absolute atomic E-state index is 11.4. The van der Waals surface area contributed by atoms with Gasteiger partial charge >= 0.3 is 5.97 Å². The van der Waals surface area contributed by atoms with Gasteiger partial charge in [0.2, 0.25) is 0 Å². The summed E-state index contributed by atoms with van der Waals surface area (Å²) in [6.45, 7) is 4.16. The van der Waals surface area contributed by atoms with Crippen LogP contribution in [0.5, 0.6) is 5.75 Å². The van der Waals surface area contributed by atoms with Gasteiger partial charge in [-0.25, -0.2) is 0 Å². The van der Waals surface area contributed by atoms with Crippen molar-refractivity contribution in [3.8, 4) is 5.75 Å². The molecule has 0 saturated heterocycles. The SMILES string of the molecule is CCC(=O)Oc1ccc2cc(C3CCC(C)CC3)ccc2c1. The van der Waals surface area contributed by atoms with E-state index in [1.54, 1.807) is 6.92 Å². The first-order valence-corrected chi connectivity index (χ1v) is 8.40. The quantitative estimate of drug-likeness (QED) is 0.556. The van der Waals surface area contributed by atoms with E-state index in [0.717, 1.165) is 11.3 Å². The van der Waals surface area contributed by atoms with Crippen LogP contribution in [0.2, 0.25) is 0 Å². The smallest absolute Gasteiger partial charge is 0.310 e. The third-order valence-corrected chi connectivity index (χ3v) is 4.84. The lowest BCUT2D eigenvalue weighted by Crippen LogP contribution is -2.10. The van der Waals surface area contributed by atoms with Crippen LogP contribution in [-0.2, 0) is 4.79 Å². The highest BCUT2D eigenvalue weighted by Gasteiger charge is 2.19. The molecule has 0 heterocycles. The molecule has 2 nitrogen and oxygen atoms in total. The molecule has 2 aromatic rings. The summed E-state index contributed by atoms with van der Waals surface area (Å²) in [4.78, 5) is 11.4. The van der Waals surface area contributed by atoms with E-state index in [1.807, 2.05) is 12.1 Å². The average molecular weight is 296 g/mol. The third kappa shape index (κ3) is 3.32. The summed E-state index contributed by atoms with van der Waals surface area (Å²) in [5.74, 6) is 2.04. The molecular weight excluding hydrogens is 272 g/mol. The maximum atomic E-state index is 11.4. The number of rotatable bonds is 3. The highest BCUT2D eigenvalue weighted by atomic mass is 16.5. The molecule has 0 aliphatic heterocycles. The number of hydrogen-bond acceptors (Lipinski definition) is 2. The van der Waals surface area contributed by atoms with Gasteiger partial charge in [0.15, 0.2) is 0 Å². The van der Waals surface area contributed by atoms with Gasteiger partial charge in [0.25, 0.3) is 0 Å². The summed E-state index contributed by atoms with van der Waals surface area (Å²) in [7, 11) is 0. The number of benzene rings is 2. The summed E-state index contributed by atoms with van der Waals surface area (Å²) in [6, 6.07) is 12.6. The van der Waals surface area contributed by atoms with E-state index in [4.69, 9.17) is 4.74 Å². The number of fused-ring (bicyclic) bond motifs is 1. The zero-order valence-corrected chi connectivity index (χ0v) is 13.5. The number of hydrogen-bond donors (Lipinski definition) is 0. The number of carbonyl (C=O) groups is 1. The topological polar surface area (TPSA) is 26.3 Å². The monoisotopic (exact) mass is 296 g/mol. The Morgan fingerprint density at radius 2 is 1.73 bits per heavy atom. The van der Waals surface area contributed by atoms with Crippen molar-refractivity contribution < 1.29 is 9.53 Å². The first kappa shape index (κ1) is 15.1. The van der Waals surface area contributed by atoms with Crippen LogP contribution < -0.4 is 4.74 Å². The minimum absolute atomic E-state index is 0.188. The van der Waals surface area contributed by atoms with Gasteiger partial charge in [-0.2, -0.15) is 0 Å². The summed E-state index contributed by atoms with van der Waals surface area (Å²) in [5, 5.41) is 2.36. The molecular formula is C20H24O2. The second kappa shape index (κ2) is 6.51. The van der Waals surface area contributed by atoms with Crippen molar-refractivity contribution in [2.45, 2.75) is 51.9 Å². The molecule has 0 radical (unpaired) electrons. The molecule has 0 amide bonds. The van der Waals surface area contributed by atoms with Gasteiger partial charge in [0.05, 0.1) is 0 Å². The van der Waals surface area contributed by atoms with Crippen LogP contribution in [0.15, 0.2) is 36.4 Å². The van der Waals surface area contributed by atoms with Gasteiger partial charge in [-0.3, -0.25) is 4.79 Å². The van der Waals surface area contributed by atoms with Crippen LogP contribution in [0.1, 0.15) is 57.4 Å². The van der Waals surface area contributed by atoms with Crippen molar-refractivity contribution in [1.82, 2.24) is 0 Å². The van der Waals surface area contributed by atoms with Gasteiger partial charge < -0.3 is 4.74 Å². The fourth-order valence-corrected chi connectivity index (χ4v) is 3.36. The van der Waals surface area contributed by atoms with Crippen molar-refractivity contribution in [3.63, 3.8) is 0 Å². The Bertz CT molecular complexity index is 666. The van der Waals surface area contributed by atoms with E-state index in [2.05, 4.69) is 31.2 Å². The van der Waals surface area contributed by atoms with Crippen molar-refractivity contribution >= 4 is 16.7 Å². The molecule has 0 aromatic heterocycles. The number of esters is 1. The first-order valence-electron chi connectivity index (χ1n) is 8.40. The third-order valence-electron chi connectivity index (χ3n) is 4.84. The van der Waals surface area contributed by atoms with Crippen molar-refractivity contribution in [2.24, 2.45) is 5.92 Å². The first-order chi connectivity index (χ1) is 10.7. The summed E-state index contributed by atoms with van der Waals surface area (Å²) < 4.78 is 5.29. The van der Waals surface area contributed by atoms with E-state index in [9.17, 15) is 4.79 Å². The van der Waals surface area contributed by atoms with Crippen LogP contribution in [0.4, 0.5) is 0 Å². The van der Waals surface area contributed by atoms with Crippen LogP contribution in [0, 0.1) is 5.92 Å². The average Bonchev–Trinajstić information content (AvgIpc) is 2.55. The molecule has 1 aliphatic rings. The van der Waals surface area contributed by atoms with Gasteiger partial charge in [-0.1, -0.05) is 51.0 Å². The van der Waals surface area contributed by atoms with Gasteiger partial charge in [-0.05, 0) is 53.1 Å². The molecule has 0 atom stereocenters. The van der Waals surface area contributed by atoms with Gasteiger partial charge in [-0.15, -0.1) is 0 Å². The Balaban J connectivity index is 1.81.